The van der Waals surface area contributed by atoms with Crippen molar-refractivity contribution in [2.24, 2.45) is 11.7 Å². The van der Waals surface area contributed by atoms with Crippen LogP contribution in [0.4, 0.5) is 5.69 Å². The third kappa shape index (κ3) is 6.08. The number of hydrogen-bond donors (Lipinski definition) is 2. The molecule has 4 nitrogen and oxygen atoms in total. The van der Waals surface area contributed by atoms with Crippen LogP contribution in [-0.4, -0.2) is 29.4 Å². The van der Waals surface area contributed by atoms with Gasteiger partial charge in [0.1, 0.15) is 0 Å². The molecule has 0 saturated carbocycles. The molecule has 1 amide bonds. The number of hydrogen-bond acceptors (Lipinski definition) is 3. The fraction of sp³-hybridized carbons (Fsp3) is 0.632. The Morgan fingerprint density at radius 3 is 2.62 bits per heavy atom. The summed E-state index contributed by atoms with van der Waals surface area (Å²) in [7, 11) is 0. The van der Waals surface area contributed by atoms with E-state index in [2.05, 4.69) is 29.3 Å². The minimum atomic E-state index is -0.808. The van der Waals surface area contributed by atoms with E-state index in [0.717, 1.165) is 24.6 Å². The number of nitrogens with two attached hydrogens (primary N) is 1. The molecule has 2 unspecified atom stereocenters. The van der Waals surface area contributed by atoms with Crippen molar-refractivity contribution in [3.63, 3.8) is 0 Å². The van der Waals surface area contributed by atoms with Crippen LogP contribution in [0.2, 0.25) is 0 Å². The number of halogens is 1. The van der Waals surface area contributed by atoms with Crippen LogP contribution in [0.1, 0.15) is 52.0 Å². The molecule has 3 N–H and O–H groups in total. The highest BCUT2D eigenvalue weighted by Crippen LogP contribution is 2.19. The zero-order valence-corrected chi connectivity index (χ0v) is 16.0. The highest BCUT2D eigenvalue weighted by Gasteiger charge is 2.27. The average Bonchev–Trinajstić information content (AvgIpc) is 2.49. The lowest BCUT2D eigenvalue weighted by Crippen LogP contribution is -2.48. The number of nitrogens with one attached hydrogen (secondary N) is 1. The van der Waals surface area contributed by atoms with Crippen LogP contribution in [0.5, 0.6) is 0 Å². The van der Waals surface area contributed by atoms with Crippen LogP contribution in [0.3, 0.4) is 0 Å². The van der Waals surface area contributed by atoms with Gasteiger partial charge in [0.05, 0.1) is 5.54 Å². The van der Waals surface area contributed by atoms with E-state index in [4.69, 9.17) is 5.73 Å². The second-order valence-corrected chi connectivity index (χ2v) is 7.30. The lowest BCUT2D eigenvalue weighted by Gasteiger charge is -2.30. The molecule has 1 aliphatic rings. The summed E-state index contributed by atoms with van der Waals surface area (Å²) >= 11 is 0. The SMILES string of the molecule is CCCC(C)(N)C(=O)Nc1ccc(CN2CCCC(C)C2)cc1.Cl. The van der Waals surface area contributed by atoms with E-state index in [1.807, 2.05) is 19.1 Å². The van der Waals surface area contributed by atoms with Crippen LogP contribution in [0.15, 0.2) is 24.3 Å². The van der Waals surface area contributed by atoms with Gasteiger partial charge in [0, 0.05) is 18.8 Å². The van der Waals surface area contributed by atoms with Gasteiger partial charge in [-0.25, -0.2) is 0 Å². The highest BCUT2D eigenvalue weighted by molar-refractivity contribution is 5.97. The molecule has 0 spiro atoms. The zero-order chi connectivity index (χ0) is 16.9. The Bertz CT molecular complexity index is 516. The van der Waals surface area contributed by atoms with Gasteiger partial charge in [-0.05, 0) is 56.3 Å². The molecule has 136 valence electrons. The maximum Gasteiger partial charge on any atom is 0.244 e. The second-order valence-electron chi connectivity index (χ2n) is 7.30. The predicted octanol–water partition coefficient (Wildman–Crippen LogP) is 3.80. The highest BCUT2D eigenvalue weighted by atomic mass is 35.5. The normalized spacial score (nSPS) is 20.8. The number of likely N-dealkylation sites (tertiary alicyclic amines) is 1. The molecule has 1 aliphatic heterocycles. The van der Waals surface area contributed by atoms with Gasteiger partial charge in [-0.2, -0.15) is 0 Å². The van der Waals surface area contributed by atoms with E-state index < -0.39 is 5.54 Å². The molecule has 2 rings (SSSR count). The summed E-state index contributed by atoms with van der Waals surface area (Å²) in [6, 6.07) is 8.15. The predicted molar refractivity (Wildman–Crippen MR) is 103 cm³/mol. The molecule has 1 fully saturated rings. The van der Waals surface area contributed by atoms with Crippen molar-refractivity contribution < 1.29 is 4.79 Å². The van der Waals surface area contributed by atoms with Crippen LogP contribution < -0.4 is 11.1 Å². The number of benzene rings is 1. The monoisotopic (exact) mass is 353 g/mol. The van der Waals surface area contributed by atoms with Crippen LogP contribution in [0, 0.1) is 5.92 Å². The maximum atomic E-state index is 12.2. The van der Waals surface area contributed by atoms with Crippen molar-refractivity contribution in [1.29, 1.82) is 0 Å². The van der Waals surface area contributed by atoms with Crippen LogP contribution in [0.25, 0.3) is 0 Å². The average molecular weight is 354 g/mol. The Kier molecular flexibility index (Phi) is 8.20. The molecular weight excluding hydrogens is 322 g/mol. The van der Waals surface area contributed by atoms with Crippen molar-refractivity contribution >= 4 is 24.0 Å². The number of nitrogens with zero attached hydrogens (tertiary/aromatic N) is 1. The summed E-state index contributed by atoms with van der Waals surface area (Å²) in [6.45, 7) is 9.51. The number of carbonyl (C=O) groups excluding carboxylic acids is 1. The molecule has 1 saturated heterocycles. The molecular formula is C19H32ClN3O. The number of anilines is 1. The van der Waals surface area contributed by atoms with Gasteiger partial charge in [-0.3, -0.25) is 9.69 Å². The Hall–Kier alpha value is -1.10. The molecule has 0 aliphatic carbocycles. The van der Waals surface area contributed by atoms with Crippen molar-refractivity contribution in [2.45, 2.75) is 58.5 Å². The number of piperidine rings is 1. The van der Waals surface area contributed by atoms with Crippen molar-refractivity contribution in [3.05, 3.63) is 29.8 Å². The Morgan fingerprint density at radius 2 is 2.04 bits per heavy atom. The van der Waals surface area contributed by atoms with Crippen molar-refractivity contribution in [3.8, 4) is 0 Å². The molecule has 1 heterocycles. The van der Waals surface area contributed by atoms with Crippen LogP contribution >= 0.6 is 12.4 Å². The molecule has 1 aromatic carbocycles. The largest absolute Gasteiger partial charge is 0.325 e. The van der Waals surface area contributed by atoms with Gasteiger partial charge in [0.2, 0.25) is 5.91 Å². The number of rotatable bonds is 6. The summed E-state index contributed by atoms with van der Waals surface area (Å²) in [5.41, 5.74) is 7.37. The second kappa shape index (κ2) is 9.40. The standard InChI is InChI=1S/C19H31N3O.ClH/c1-4-11-19(3,20)18(23)21-17-9-7-16(8-10-17)14-22-12-5-6-15(2)13-22;/h7-10,15H,4-6,11-14,20H2,1-3H3,(H,21,23);1H. The van der Waals surface area contributed by atoms with E-state index in [-0.39, 0.29) is 18.3 Å². The van der Waals surface area contributed by atoms with Gasteiger partial charge in [0.15, 0.2) is 0 Å². The van der Waals surface area contributed by atoms with E-state index in [1.165, 1.54) is 31.5 Å². The first kappa shape index (κ1) is 20.9. The first-order valence-corrected chi connectivity index (χ1v) is 8.82. The Balaban J connectivity index is 0.00000288. The molecule has 24 heavy (non-hydrogen) atoms. The van der Waals surface area contributed by atoms with Crippen molar-refractivity contribution in [1.82, 2.24) is 4.90 Å². The zero-order valence-electron chi connectivity index (χ0n) is 15.2. The molecule has 0 aromatic heterocycles. The van der Waals surface area contributed by atoms with Gasteiger partial charge in [0.25, 0.3) is 0 Å². The van der Waals surface area contributed by atoms with Crippen molar-refractivity contribution in [2.75, 3.05) is 18.4 Å². The van der Waals surface area contributed by atoms with Gasteiger partial charge < -0.3 is 11.1 Å². The molecule has 0 bridgehead atoms. The number of carbonyl (C=O) groups is 1. The minimum absolute atomic E-state index is 0. The van der Waals surface area contributed by atoms with Gasteiger partial charge in [-0.1, -0.05) is 32.4 Å². The quantitative estimate of drug-likeness (QED) is 0.817. The maximum absolute atomic E-state index is 12.2. The lowest BCUT2D eigenvalue weighted by molar-refractivity contribution is -0.120. The van der Waals surface area contributed by atoms with Crippen LogP contribution in [-0.2, 0) is 11.3 Å². The smallest absolute Gasteiger partial charge is 0.244 e. The van der Waals surface area contributed by atoms with Gasteiger partial charge >= 0.3 is 0 Å². The Labute approximate surface area is 152 Å². The summed E-state index contributed by atoms with van der Waals surface area (Å²) in [5, 5.41) is 2.93. The van der Waals surface area contributed by atoms with Gasteiger partial charge in [-0.15, -0.1) is 12.4 Å². The summed E-state index contributed by atoms with van der Waals surface area (Å²) in [5.74, 6) is 0.681. The Morgan fingerprint density at radius 1 is 1.38 bits per heavy atom. The minimum Gasteiger partial charge on any atom is -0.325 e. The summed E-state index contributed by atoms with van der Waals surface area (Å²) in [6.07, 6.45) is 4.22. The lowest BCUT2D eigenvalue weighted by atomic mass is 9.96. The third-order valence-corrected chi connectivity index (χ3v) is 4.65. The van der Waals surface area contributed by atoms with E-state index in [0.29, 0.717) is 6.42 Å². The molecule has 2 atom stereocenters. The molecule has 1 aromatic rings. The third-order valence-electron chi connectivity index (χ3n) is 4.65. The first-order chi connectivity index (χ1) is 10.9. The molecule has 0 radical (unpaired) electrons. The topological polar surface area (TPSA) is 58.4 Å². The van der Waals surface area contributed by atoms with E-state index in [1.54, 1.807) is 6.92 Å². The summed E-state index contributed by atoms with van der Waals surface area (Å²) < 4.78 is 0. The molecule has 5 heteroatoms. The summed E-state index contributed by atoms with van der Waals surface area (Å²) in [4.78, 5) is 14.7. The van der Waals surface area contributed by atoms with E-state index >= 15 is 0 Å². The van der Waals surface area contributed by atoms with E-state index in [9.17, 15) is 4.79 Å². The number of amides is 1. The fourth-order valence-corrected chi connectivity index (χ4v) is 3.29. The first-order valence-electron chi connectivity index (χ1n) is 8.82. The fourth-order valence-electron chi connectivity index (χ4n) is 3.29.